The van der Waals surface area contributed by atoms with Crippen molar-refractivity contribution in [3.8, 4) is 0 Å². The molecule has 3 N–H and O–H groups in total. The summed E-state index contributed by atoms with van der Waals surface area (Å²) in [4.78, 5) is 20.1. The Labute approximate surface area is 73.7 Å². The van der Waals surface area contributed by atoms with Gasteiger partial charge in [0.15, 0.2) is 0 Å². The highest BCUT2D eigenvalue weighted by atomic mass is 32.2. The van der Waals surface area contributed by atoms with Crippen LogP contribution in [0.3, 0.4) is 0 Å². The molecule has 0 radical (unpaired) electrons. The molecule has 0 aliphatic carbocycles. The molecule has 7 nitrogen and oxygen atoms in total. The number of carboxylic acids is 2. The molecule has 0 unspecified atom stereocenters. The summed E-state index contributed by atoms with van der Waals surface area (Å²) >= 11 is 0. The van der Waals surface area contributed by atoms with Crippen LogP contribution in [0.2, 0.25) is 0 Å². The highest BCUT2D eigenvalue weighted by molar-refractivity contribution is 7.86. The van der Waals surface area contributed by atoms with E-state index in [1.165, 1.54) is 0 Å². The second-order valence-electron chi connectivity index (χ2n) is 2.33. The number of rotatable bonds is 5. The maximum absolute atomic E-state index is 10.4. The van der Waals surface area contributed by atoms with E-state index >= 15 is 0 Å². The molecular formula is C5H8O7S. The van der Waals surface area contributed by atoms with Crippen molar-refractivity contribution >= 4 is 22.1 Å². The molecule has 0 fully saturated rings. The molecule has 0 bridgehead atoms. The second-order valence-corrected chi connectivity index (χ2v) is 4.03. The van der Waals surface area contributed by atoms with Crippen molar-refractivity contribution in [1.82, 2.24) is 0 Å². The molecule has 0 rings (SSSR count). The minimum absolute atomic E-state index is 0.925. The molecule has 0 atom stereocenters. The van der Waals surface area contributed by atoms with Gasteiger partial charge in [0.2, 0.25) is 0 Å². The summed E-state index contributed by atoms with van der Waals surface area (Å²) in [5.74, 6) is -2.97. The topological polar surface area (TPSA) is 129 Å². The summed E-state index contributed by atoms with van der Waals surface area (Å²) < 4.78 is 29.3. The van der Waals surface area contributed by atoms with Crippen molar-refractivity contribution in [1.29, 1.82) is 0 Å². The molecule has 0 amide bonds. The van der Waals surface area contributed by atoms with E-state index in [-0.39, 0.29) is 0 Å². The Bertz CT molecular complexity index is 287. The van der Waals surface area contributed by atoms with Crippen LogP contribution in [0.25, 0.3) is 0 Å². The van der Waals surface area contributed by atoms with Gasteiger partial charge in [-0.2, -0.15) is 8.42 Å². The maximum Gasteiger partial charge on any atom is 0.304 e. The molecule has 0 saturated heterocycles. The van der Waals surface area contributed by atoms with E-state index in [1.54, 1.807) is 0 Å². The number of hydrogen-bond donors (Lipinski definition) is 3. The zero-order chi connectivity index (χ0) is 10.6. The third-order valence-electron chi connectivity index (χ3n) is 1.23. The summed E-state index contributed by atoms with van der Waals surface area (Å²) in [6.07, 6.45) is -1.85. The Morgan fingerprint density at radius 3 is 1.54 bits per heavy atom. The summed E-state index contributed by atoms with van der Waals surface area (Å²) in [7, 11) is -4.62. The van der Waals surface area contributed by atoms with Gasteiger partial charge in [0.1, 0.15) is 5.25 Å². The average molecular weight is 212 g/mol. The number of hydrogen-bond acceptors (Lipinski definition) is 4. The van der Waals surface area contributed by atoms with E-state index in [9.17, 15) is 18.0 Å². The van der Waals surface area contributed by atoms with E-state index in [1.807, 2.05) is 0 Å². The SMILES string of the molecule is O=C(O)CC(CC(=O)O)S(=O)(=O)O. The van der Waals surface area contributed by atoms with Crippen molar-refractivity contribution in [2.75, 3.05) is 0 Å². The largest absolute Gasteiger partial charge is 0.481 e. The Balaban J connectivity index is 4.57. The minimum atomic E-state index is -4.62. The predicted octanol–water partition coefficient (Wildman–Crippen LogP) is -0.808. The second kappa shape index (κ2) is 4.19. The molecule has 0 saturated carbocycles. The standard InChI is InChI=1S/C5H8O7S/c6-4(7)1-3(2-5(8)9)13(10,11)12/h3H,1-2H2,(H,6,7)(H,8,9)(H,10,11,12). The first-order chi connectivity index (χ1) is 5.73. The van der Waals surface area contributed by atoms with E-state index in [0.717, 1.165) is 0 Å². The monoisotopic (exact) mass is 212 g/mol. The maximum atomic E-state index is 10.4. The van der Waals surface area contributed by atoms with Gasteiger partial charge in [0.25, 0.3) is 10.1 Å². The van der Waals surface area contributed by atoms with Crippen LogP contribution in [-0.4, -0.2) is 40.4 Å². The molecule has 0 aliphatic rings. The van der Waals surface area contributed by atoms with Crippen LogP contribution in [0.15, 0.2) is 0 Å². The highest BCUT2D eigenvalue weighted by Gasteiger charge is 2.28. The summed E-state index contributed by atoms with van der Waals surface area (Å²) in [5, 5.41) is 14.6. The Morgan fingerprint density at radius 1 is 1.08 bits per heavy atom. The summed E-state index contributed by atoms with van der Waals surface area (Å²) in [5.41, 5.74) is 0. The molecule has 0 heterocycles. The fourth-order valence-electron chi connectivity index (χ4n) is 0.672. The van der Waals surface area contributed by atoms with Crippen LogP contribution in [0.1, 0.15) is 12.8 Å². The number of aliphatic carboxylic acids is 2. The van der Waals surface area contributed by atoms with Gasteiger partial charge >= 0.3 is 11.9 Å². The highest BCUT2D eigenvalue weighted by Crippen LogP contribution is 2.08. The third kappa shape index (κ3) is 5.15. The lowest BCUT2D eigenvalue weighted by atomic mass is 10.2. The van der Waals surface area contributed by atoms with Crippen molar-refractivity contribution in [3.05, 3.63) is 0 Å². The van der Waals surface area contributed by atoms with Gasteiger partial charge in [-0.1, -0.05) is 0 Å². The first-order valence-corrected chi connectivity index (χ1v) is 4.63. The Kier molecular flexibility index (Phi) is 3.82. The lowest BCUT2D eigenvalue weighted by Gasteiger charge is -2.07. The molecule has 0 spiro atoms. The van der Waals surface area contributed by atoms with Crippen LogP contribution in [0.5, 0.6) is 0 Å². The predicted molar refractivity (Wildman–Crippen MR) is 39.8 cm³/mol. The molecule has 0 aromatic heterocycles. The quantitative estimate of drug-likeness (QED) is 0.508. The van der Waals surface area contributed by atoms with Gasteiger partial charge in [-0.25, -0.2) is 0 Å². The van der Waals surface area contributed by atoms with Gasteiger partial charge in [-0.05, 0) is 0 Å². The first-order valence-electron chi connectivity index (χ1n) is 3.13. The molecule has 8 heteroatoms. The smallest absolute Gasteiger partial charge is 0.304 e. The average Bonchev–Trinajstić information content (AvgIpc) is 1.81. The molecule has 0 aliphatic heterocycles. The van der Waals surface area contributed by atoms with Crippen LogP contribution in [0.4, 0.5) is 0 Å². The Morgan fingerprint density at radius 2 is 1.38 bits per heavy atom. The summed E-state index contributed by atoms with van der Waals surface area (Å²) in [6.45, 7) is 0. The van der Waals surface area contributed by atoms with Crippen molar-refractivity contribution in [2.45, 2.75) is 18.1 Å². The van der Waals surface area contributed by atoms with Crippen molar-refractivity contribution < 1.29 is 32.8 Å². The van der Waals surface area contributed by atoms with Crippen LogP contribution < -0.4 is 0 Å². The van der Waals surface area contributed by atoms with Gasteiger partial charge in [-0.3, -0.25) is 14.1 Å². The van der Waals surface area contributed by atoms with Crippen LogP contribution in [0, 0.1) is 0 Å². The number of carbonyl (C=O) groups is 2. The number of carboxylic acid groups (broad SMARTS) is 2. The van der Waals surface area contributed by atoms with Gasteiger partial charge < -0.3 is 10.2 Å². The van der Waals surface area contributed by atoms with Gasteiger partial charge in [0.05, 0.1) is 12.8 Å². The fraction of sp³-hybridized carbons (Fsp3) is 0.600. The first kappa shape index (κ1) is 11.8. The molecule has 0 aromatic rings. The molecule has 76 valence electrons. The zero-order valence-corrected chi connectivity index (χ0v) is 7.19. The minimum Gasteiger partial charge on any atom is -0.481 e. The van der Waals surface area contributed by atoms with E-state index in [2.05, 4.69) is 0 Å². The summed E-state index contributed by atoms with van der Waals surface area (Å²) in [6, 6.07) is 0. The van der Waals surface area contributed by atoms with Crippen LogP contribution >= 0.6 is 0 Å². The van der Waals surface area contributed by atoms with E-state index in [4.69, 9.17) is 14.8 Å². The van der Waals surface area contributed by atoms with Gasteiger partial charge in [0, 0.05) is 0 Å². The lowest BCUT2D eigenvalue weighted by molar-refractivity contribution is -0.138. The van der Waals surface area contributed by atoms with E-state index in [0.29, 0.717) is 0 Å². The van der Waals surface area contributed by atoms with E-state index < -0.39 is 40.1 Å². The van der Waals surface area contributed by atoms with Crippen molar-refractivity contribution in [2.24, 2.45) is 0 Å². The molecular weight excluding hydrogens is 204 g/mol. The zero-order valence-electron chi connectivity index (χ0n) is 6.37. The third-order valence-corrected chi connectivity index (χ3v) is 2.40. The van der Waals surface area contributed by atoms with Crippen LogP contribution in [-0.2, 0) is 19.7 Å². The van der Waals surface area contributed by atoms with Gasteiger partial charge in [-0.15, -0.1) is 0 Å². The fourth-order valence-corrected chi connectivity index (χ4v) is 1.38. The normalized spacial score (nSPS) is 11.5. The molecule has 13 heavy (non-hydrogen) atoms. The van der Waals surface area contributed by atoms with Crippen molar-refractivity contribution in [3.63, 3.8) is 0 Å². The lowest BCUT2D eigenvalue weighted by Crippen LogP contribution is -2.26. The Hall–Kier alpha value is -1.15. The molecule has 0 aromatic carbocycles.